The van der Waals surface area contributed by atoms with Crippen molar-refractivity contribution >= 4 is 8.72 Å². The monoisotopic (exact) mass is 311 g/mol. The van der Waals surface area contributed by atoms with E-state index >= 15 is 0 Å². The van der Waals surface area contributed by atoms with Gasteiger partial charge in [-0.1, -0.05) is 32.1 Å². The maximum atomic E-state index is 6.26. The normalized spacial score (nSPS) is 32.9. The summed E-state index contributed by atoms with van der Waals surface area (Å²) in [5, 5.41) is 0. The summed E-state index contributed by atoms with van der Waals surface area (Å²) in [5.41, 5.74) is 0.682. The Balaban J connectivity index is 1.83. The van der Waals surface area contributed by atoms with Gasteiger partial charge >= 0.3 is 8.72 Å². The molecule has 1 heterocycles. The highest BCUT2D eigenvalue weighted by Gasteiger charge is 2.55. The van der Waals surface area contributed by atoms with Crippen molar-refractivity contribution in [2.75, 3.05) is 20.8 Å². The van der Waals surface area contributed by atoms with Crippen LogP contribution in [0.4, 0.5) is 0 Å². The second kappa shape index (κ2) is 7.11. The van der Waals surface area contributed by atoms with Crippen LogP contribution in [0.3, 0.4) is 0 Å². The maximum absolute atomic E-state index is 6.26. The summed E-state index contributed by atoms with van der Waals surface area (Å²) in [6.45, 7) is 1.21. The minimum atomic E-state index is -2.22. The summed E-state index contributed by atoms with van der Waals surface area (Å²) < 4.78 is 15.3. The van der Waals surface area contributed by atoms with Gasteiger partial charge in [0, 0.05) is 25.8 Å². The molecule has 2 unspecified atom stereocenters. The molecule has 2 saturated carbocycles. The van der Waals surface area contributed by atoms with E-state index in [1.54, 1.807) is 0 Å². The Morgan fingerprint density at radius 3 is 2.10 bits per heavy atom. The third kappa shape index (κ3) is 2.97. The Hall–Kier alpha value is 0.0969. The van der Waals surface area contributed by atoms with Crippen molar-refractivity contribution in [1.82, 2.24) is 4.57 Å². The molecule has 4 heteroatoms. The van der Waals surface area contributed by atoms with Crippen LogP contribution < -0.4 is 0 Å². The van der Waals surface area contributed by atoms with Crippen LogP contribution in [-0.4, -0.2) is 40.1 Å². The molecule has 0 aromatic rings. The Morgan fingerprint density at radius 1 is 0.762 bits per heavy atom. The van der Waals surface area contributed by atoms with Gasteiger partial charge < -0.3 is 8.85 Å². The summed E-state index contributed by atoms with van der Waals surface area (Å²) in [5.74, 6) is 0.910. The molecule has 0 amide bonds. The minimum absolute atomic E-state index is 0.682. The molecule has 1 saturated heterocycles. The Bertz CT molecular complexity index is 327. The van der Waals surface area contributed by atoms with E-state index in [1.165, 1.54) is 77.2 Å². The topological polar surface area (TPSA) is 21.7 Å². The largest absolute Gasteiger partial charge is 0.430 e. The Morgan fingerprint density at radius 2 is 1.38 bits per heavy atom. The molecule has 122 valence electrons. The second-order valence-electron chi connectivity index (χ2n) is 7.32. The summed E-state index contributed by atoms with van der Waals surface area (Å²) >= 11 is 0. The van der Waals surface area contributed by atoms with Crippen LogP contribution >= 0.6 is 0 Å². The van der Waals surface area contributed by atoms with Gasteiger partial charge in [0.1, 0.15) is 0 Å². The highest BCUT2D eigenvalue weighted by Crippen LogP contribution is 2.45. The zero-order chi connectivity index (χ0) is 14.7. The van der Waals surface area contributed by atoms with E-state index in [-0.39, 0.29) is 0 Å². The fourth-order valence-electron chi connectivity index (χ4n) is 5.36. The molecule has 2 aliphatic carbocycles. The standard InChI is InChI=1S/C17H33NO2Si/c1-19-21(20-2,16-11-4-3-5-12-16)18-14-8-10-15-9-6-7-13-17(15)18/h15-17H,3-14H2,1-2H3. The van der Waals surface area contributed by atoms with Gasteiger partial charge in [-0.25, -0.2) is 0 Å². The van der Waals surface area contributed by atoms with Gasteiger partial charge in [-0.05, 0) is 51.0 Å². The van der Waals surface area contributed by atoms with Gasteiger partial charge in [-0.15, -0.1) is 0 Å². The molecular formula is C17H33NO2Si. The van der Waals surface area contributed by atoms with Crippen LogP contribution in [-0.2, 0) is 8.85 Å². The first-order valence-corrected chi connectivity index (χ1v) is 11.0. The number of rotatable bonds is 4. The second-order valence-corrected chi connectivity index (χ2v) is 10.8. The maximum Gasteiger partial charge on any atom is 0.430 e. The molecule has 1 aliphatic heterocycles. The lowest BCUT2D eigenvalue weighted by Gasteiger charge is -2.53. The van der Waals surface area contributed by atoms with Gasteiger partial charge in [-0.3, -0.25) is 4.57 Å². The van der Waals surface area contributed by atoms with Gasteiger partial charge in [0.2, 0.25) is 0 Å². The van der Waals surface area contributed by atoms with Crippen molar-refractivity contribution in [2.45, 2.75) is 82.2 Å². The lowest BCUT2D eigenvalue weighted by Crippen LogP contribution is -2.67. The van der Waals surface area contributed by atoms with E-state index in [1.807, 2.05) is 14.2 Å². The molecule has 3 rings (SSSR count). The molecule has 0 aromatic heterocycles. The molecule has 3 fully saturated rings. The van der Waals surface area contributed by atoms with E-state index in [0.717, 1.165) is 12.0 Å². The van der Waals surface area contributed by atoms with Crippen molar-refractivity contribution < 1.29 is 8.85 Å². The summed E-state index contributed by atoms with van der Waals surface area (Å²) in [4.78, 5) is 0. The van der Waals surface area contributed by atoms with Crippen molar-refractivity contribution in [2.24, 2.45) is 5.92 Å². The number of hydrogen-bond acceptors (Lipinski definition) is 3. The molecule has 0 spiro atoms. The van der Waals surface area contributed by atoms with Gasteiger partial charge in [0.25, 0.3) is 0 Å². The lowest BCUT2D eigenvalue weighted by molar-refractivity contribution is 0.0513. The molecule has 0 N–H and O–H groups in total. The molecule has 3 aliphatic rings. The molecule has 3 nitrogen and oxygen atoms in total. The van der Waals surface area contributed by atoms with Crippen molar-refractivity contribution in [3.05, 3.63) is 0 Å². The van der Waals surface area contributed by atoms with Crippen molar-refractivity contribution in [1.29, 1.82) is 0 Å². The highest BCUT2D eigenvalue weighted by atomic mass is 28.4. The van der Waals surface area contributed by atoms with E-state index in [0.29, 0.717) is 5.54 Å². The molecule has 0 bridgehead atoms. The molecule has 0 aromatic carbocycles. The summed E-state index contributed by atoms with van der Waals surface area (Å²) in [6.07, 6.45) is 15.2. The van der Waals surface area contributed by atoms with Crippen LogP contribution in [0.1, 0.15) is 70.6 Å². The fourth-order valence-corrected chi connectivity index (χ4v) is 9.55. The van der Waals surface area contributed by atoms with E-state index in [4.69, 9.17) is 8.85 Å². The average molecular weight is 312 g/mol. The third-order valence-electron chi connectivity index (χ3n) is 6.35. The predicted octanol–water partition coefficient (Wildman–Crippen LogP) is 4.21. The summed E-state index contributed by atoms with van der Waals surface area (Å²) in [6, 6.07) is 0.751. The molecular weight excluding hydrogens is 278 g/mol. The van der Waals surface area contributed by atoms with E-state index < -0.39 is 8.72 Å². The Kier molecular flexibility index (Phi) is 5.41. The van der Waals surface area contributed by atoms with Crippen LogP contribution in [0.2, 0.25) is 5.54 Å². The zero-order valence-electron chi connectivity index (χ0n) is 14.0. The first-order chi connectivity index (χ1) is 10.3. The van der Waals surface area contributed by atoms with Gasteiger partial charge in [0.15, 0.2) is 0 Å². The SMILES string of the molecule is CO[Si](OC)(C1CCCCC1)N1CCCC2CCCCC21. The highest BCUT2D eigenvalue weighted by molar-refractivity contribution is 6.66. The molecule has 0 radical (unpaired) electrons. The fraction of sp³-hybridized carbons (Fsp3) is 1.00. The van der Waals surface area contributed by atoms with Crippen molar-refractivity contribution in [3.63, 3.8) is 0 Å². The molecule has 2 atom stereocenters. The summed E-state index contributed by atoms with van der Waals surface area (Å²) in [7, 11) is 1.64. The zero-order valence-corrected chi connectivity index (χ0v) is 15.0. The average Bonchev–Trinajstić information content (AvgIpc) is 2.58. The number of hydrogen-bond donors (Lipinski definition) is 0. The quantitative estimate of drug-likeness (QED) is 0.726. The van der Waals surface area contributed by atoms with Crippen LogP contribution in [0.15, 0.2) is 0 Å². The number of nitrogens with zero attached hydrogens (tertiary/aromatic N) is 1. The predicted molar refractivity (Wildman–Crippen MR) is 88.3 cm³/mol. The van der Waals surface area contributed by atoms with Gasteiger partial charge in [0.05, 0.1) is 0 Å². The van der Waals surface area contributed by atoms with Crippen LogP contribution in [0, 0.1) is 5.92 Å². The molecule has 21 heavy (non-hydrogen) atoms. The number of fused-ring (bicyclic) bond motifs is 1. The number of piperidine rings is 1. The van der Waals surface area contributed by atoms with E-state index in [2.05, 4.69) is 4.57 Å². The first kappa shape index (κ1) is 16.0. The first-order valence-electron chi connectivity index (χ1n) is 9.19. The van der Waals surface area contributed by atoms with Crippen LogP contribution in [0.25, 0.3) is 0 Å². The van der Waals surface area contributed by atoms with Crippen molar-refractivity contribution in [3.8, 4) is 0 Å². The van der Waals surface area contributed by atoms with E-state index in [9.17, 15) is 0 Å². The Labute approximate surface area is 131 Å². The van der Waals surface area contributed by atoms with Crippen LogP contribution in [0.5, 0.6) is 0 Å². The minimum Gasteiger partial charge on any atom is -0.386 e. The third-order valence-corrected chi connectivity index (χ3v) is 10.5. The lowest BCUT2D eigenvalue weighted by atomic mass is 9.79. The smallest absolute Gasteiger partial charge is 0.386 e. The van der Waals surface area contributed by atoms with Gasteiger partial charge in [-0.2, -0.15) is 0 Å².